The van der Waals surface area contributed by atoms with Crippen LogP contribution in [0, 0.1) is 0 Å². The van der Waals surface area contributed by atoms with Crippen LogP contribution in [0.1, 0.15) is 207 Å². The summed E-state index contributed by atoms with van der Waals surface area (Å²) in [7, 11) is 0. The minimum Gasteiger partial charge on any atom is -0.462 e. The molecular formula is C60H94O6. The first kappa shape index (κ1) is 61.5. The first-order valence-electron chi connectivity index (χ1n) is 26.3. The monoisotopic (exact) mass is 911 g/mol. The van der Waals surface area contributed by atoms with Crippen molar-refractivity contribution in [2.24, 2.45) is 0 Å². The van der Waals surface area contributed by atoms with Gasteiger partial charge in [0.25, 0.3) is 0 Å². The number of carbonyl (C=O) groups is 3. The van der Waals surface area contributed by atoms with E-state index in [1.165, 1.54) is 38.5 Å². The lowest BCUT2D eigenvalue weighted by Gasteiger charge is -2.18. The fourth-order valence-corrected chi connectivity index (χ4v) is 6.60. The molecule has 370 valence electrons. The number of unbranched alkanes of at least 4 members (excludes halogenated alkanes) is 18. The topological polar surface area (TPSA) is 78.9 Å². The first-order valence-corrected chi connectivity index (χ1v) is 26.3. The molecule has 0 amide bonds. The number of carbonyl (C=O) groups excluding carboxylic acids is 3. The van der Waals surface area contributed by atoms with Crippen LogP contribution in [0.4, 0.5) is 0 Å². The number of allylic oxidation sites excluding steroid dienone is 22. The average molecular weight is 911 g/mol. The van der Waals surface area contributed by atoms with E-state index in [9.17, 15) is 14.4 Å². The van der Waals surface area contributed by atoms with Crippen LogP contribution in [0.25, 0.3) is 0 Å². The number of hydrogen-bond donors (Lipinski definition) is 0. The molecule has 0 N–H and O–H groups in total. The van der Waals surface area contributed by atoms with Crippen LogP contribution in [0.2, 0.25) is 0 Å². The molecule has 6 heteroatoms. The lowest BCUT2D eigenvalue weighted by atomic mass is 10.1. The normalized spacial score (nSPS) is 13.2. The van der Waals surface area contributed by atoms with Gasteiger partial charge in [-0.3, -0.25) is 14.4 Å². The third-order valence-corrected chi connectivity index (χ3v) is 10.5. The first-order chi connectivity index (χ1) is 32.5. The maximum Gasteiger partial charge on any atom is 0.306 e. The van der Waals surface area contributed by atoms with E-state index in [0.717, 1.165) is 122 Å². The van der Waals surface area contributed by atoms with Crippen LogP contribution in [-0.2, 0) is 28.6 Å². The van der Waals surface area contributed by atoms with Gasteiger partial charge in [0, 0.05) is 19.3 Å². The molecular weight excluding hydrogens is 817 g/mol. The number of rotatable bonds is 45. The van der Waals surface area contributed by atoms with E-state index >= 15 is 0 Å². The SMILES string of the molecule is CC/C=C\C/C=C\C/C=C\CCCCC(=O)OCC(COC(=O)CCCCCCC\C=C/C=C\C=C/C=C\CCCCC)OC(=O)CCCCCCC\C=C/C=C\C=C/C=C\CCCCC. The van der Waals surface area contributed by atoms with Crippen molar-refractivity contribution in [2.45, 2.75) is 213 Å². The summed E-state index contributed by atoms with van der Waals surface area (Å²) < 4.78 is 16.7. The van der Waals surface area contributed by atoms with E-state index in [4.69, 9.17) is 14.2 Å². The highest BCUT2D eigenvalue weighted by Gasteiger charge is 2.19. The van der Waals surface area contributed by atoms with Gasteiger partial charge < -0.3 is 14.2 Å². The molecule has 0 fully saturated rings. The van der Waals surface area contributed by atoms with Crippen molar-refractivity contribution in [3.8, 4) is 0 Å². The maximum absolute atomic E-state index is 12.8. The van der Waals surface area contributed by atoms with Gasteiger partial charge in [0.2, 0.25) is 0 Å². The summed E-state index contributed by atoms with van der Waals surface area (Å²) >= 11 is 0. The molecule has 0 aliphatic rings. The summed E-state index contributed by atoms with van der Waals surface area (Å²) in [4.78, 5) is 38.0. The van der Waals surface area contributed by atoms with Gasteiger partial charge >= 0.3 is 17.9 Å². The van der Waals surface area contributed by atoms with Crippen molar-refractivity contribution in [3.63, 3.8) is 0 Å². The zero-order valence-corrected chi connectivity index (χ0v) is 42.1. The molecule has 0 saturated carbocycles. The lowest BCUT2D eigenvalue weighted by Crippen LogP contribution is -2.30. The van der Waals surface area contributed by atoms with E-state index in [2.05, 4.69) is 154 Å². The Morgan fingerprint density at radius 1 is 0.333 bits per heavy atom. The van der Waals surface area contributed by atoms with E-state index in [-0.39, 0.29) is 37.5 Å². The highest BCUT2D eigenvalue weighted by Crippen LogP contribution is 2.12. The minimum atomic E-state index is -0.821. The molecule has 0 spiro atoms. The van der Waals surface area contributed by atoms with Crippen LogP contribution in [-0.4, -0.2) is 37.2 Å². The zero-order chi connectivity index (χ0) is 47.9. The standard InChI is InChI=1S/C60H94O6/c1-4-7-10-13-16-19-22-25-27-29-31-33-35-38-41-44-47-50-53-59(62)65-56-57(55-64-58(61)52-49-46-43-40-37-24-21-18-15-12-9-6-3)66-60(63)54-51-48-45-42-39-36-34-32-30-28-26-23-20-17-14-11-8-5-2/h9,12,16-23,25-34,37,40,57H,4-8,10-11,13-15,24,35-36,38-39,41-56H2,1-3H3/b12-9-,19-16-,20-17-,21-18-,25-22-,26-23-,29-27-,30-28-,33-31-,34-32-,40-37-. The van der Waals surface area contributed by atoms with Gasteiger partial charge in [-0.15, -0.1) is 0 Å². The van der Waals surface area contributed by atoms with E-state index < -0.39 is 6.10 Å². The van der Waals surface area contributed by atoms with Crippen molar-refractivity contribution in [3.05, 3.63) is 134 Å². The van der Waals surface area contributed by atoms with Crippen molar-refractivity contribution >= 4 is 17.9 Å². The Bertz CT molecular complexity index is 1460. The summed E-state index contributed by atoms with van der Waals surface area (Å²) in [5, 5.41) is 0. The van der Waals surface area contributed by atoms with Gasteiger partial charge in [-0.05, 0) is 103 Å². The van der Waals surface area contributed by atoms with E-state index in [1.54, 1.807) is 0 Å². The fourth-order valence-electron chi connectivity index (χ4n) is 6.60. The molecule has 0 aromatic heterocycles. The summed E-state index contributed by atoms with van der Waals surface area (Å²) in [5.74, 6) is -1.01. The Labute approximate surface area is 405 Å². The van der Waals surface area contributed by atoms with Gasteiger partial charge in [0.1, 0.15) is 13.2 Å². The van der Waals surface area contributed by atoms with E-state index in [1.807, 2.05) is 0 Å². The molecule has 6 nitrogen and oxygen atoms in total. The predicted molar refractivity (Wildman–Crippen MR) is 283 cm³/mol. The Kier molecular flexibility index (Phi) is 49.6. The number of esters is 3. The number of ether oxygens (including phenoxy) is 3. The molecule has 0 radical (unpaired) electrons. The molecule has 0 saturated heterocycles. The smallest absolute Gasteiger partial charge is 0.306 e. The zero-order valence-electron chi connectivity index (χ0n) is 42.1. The highest BCUT2D eigenvalue weighted by atomic mass is 16.6. The minimum absolute atomic E-state index is 0.118. The number of hydrogen-bond acceptors (Lipinski definition) is 6. The third-order valence-electron chi connectivity index (χ3n) is 10.5. The van der Waals surface area contributed by atoms with Crippen LogP contribution in [0.15, 0.2) is 134 Å². The Hall–Kier alpha value is -4.45. The molecule has 1 unspecified atom stereocenters. The summed E-state index contributed by atoms with van der Waals surface area (Å²) in [6.07, 6.45) is 74.3. The molecule has 66 heavy (non-hydrogen) atoms. The second-order valence-corrected chi connectivity index (χ2v) is 16.9. The Morgan fingerprint density at radius 3 is 1.09 bits per heavy atom. The van der Waals surface area contributed by atoms with Gasteiger partial charge in [0.05, 0.1) is 0 Å². The van der Waals surface area contributed by atoms with Crippen LogP contribution in [0.5, 0.6) is 0 Å². The van der Waals surface area contributed by atoms with Gasteiger partial charge in [-0.2, -0.15) is 0 Å². The van der Waals surface area contributed by atoms with Crippen LogP contribution >= 0.6 is 0 Å². The van der Waals surface area contributed by atoms with Crippen LogP contribution in [0.3, 0.4) is 0 Å². The van der Waals surface area contributed by atoms with Gasteiger partial charge in [-0.1, -0.05) is 219 Å². The largest absolute Gasteiger partial charge is 0.462 e. The maximum atomic E-state index is 12.8. The van der Waals surface area contributed by atoms with E-state index in [0.29, 0.717) is 19.3 Å². The molecule has 0 rings (SSSR count). The third kappa shape index (κ3) is 50.5. The van der Waals surface area contributed by atoms with Crippen molar-refractivity contribution in [1.29, 1.82) is 0 Å². The second-order valence-electron chi connectivity index (χ2n) is 16.9. The second kappa shape index (κ2) is 53.2. The molecule has 0 aromatic rings. The molecule has 1 atom stereocenters. The Morgan fingerprint density at radius 2 is 0.652 bits per heavy atom. The van der Waals surface area contributed by atoms with Crippen molar-refractivity contribution < 1.29 is 28.6 Å². The van der Waals surface area contributed by atoms with Gasteiger partial charge in [-0.25, -0.2) is 0 Å². The molecule has 0 aliphatic carbocycles. The highest BCUT2D eigenvalue weighted by molar-refractivity contribution is 5.71. The molecule has 0 heterocycles. The Balaban J connectivity index is 4.55. The quantitative estimate of drug-likeness (QED) is 0.0199. The summed E-state index contributed by atoms with van der Waals surface area (Å²) in [5.41, 5.74) is 0. The fraction of sp³-hybridized carbons (Fsp3) is 0.583. The summed E-state index contributed by atoms with van der Waals surface area (Å²) in [6, 6.07) is 0. The average Bonchev–Trinajstić information content (AvgIpc) is 3.31. The molecule has 0 aliphatic heterocycles. The molecule has 0 aromatic carbocycles. The lowest BCUT2D eigenvalue weighted by molar-refractivity contribution is -0.167. The van der Waals surface area contributed by atoms with Crippen molar-refractivity contribution in [2.75, 3.05) is 13.2 Å². The summed E-state index contributed by atoms with van der Waals surface area (Å²) in [6.45, 7) is 6.35. The van der Waals surface area contributed by atoms with Crippen LogP contribution < -0.4 is 0 Å². The van der Waals surface area contributed by atoms with Gasteiger partial charge in [0.15, 0.2) is 6.10 Å². The predicted octanol–water partition coefficient (Wildman–Crippen LogP) is 17.5. The molecule has 0 bridgehead atoms. The van der Waals surface area contributed by atoms with Crippen molar-refractivity contribution in [1.82, 2.24) is 0 Å².